The lowest BCUT2D eigenvalue weighted by Crippen LogP contribution is -2.36. The molecule has 1 unspecified atom stereocenters. The van der Waals surface area contributed by atoms with Crippen molar-refractivity contribution in [2.75, 3.05) is 11.9 Å². The minimum atomic E-state index is -0.0786. The monoisotopic (exact) mass is 258 g/mol. The summed E-state index contributed by atoms with van der Waals surface area (Å²) in [6, 6.07) is 7.85. The second-order valence-corrected chi connectivity index (χ2v) is 4.81. The summed E-state index contributed by atoms with van der Waals surface area (Å²) in [6.07, 6.45) is 1.96. The normalized spacial score (nSPS) is 18.9. The Labute approximate surface area is 112 Å². The lowest BCUT2D eigenvalue weighted by atomic mass is 10.2. The Morgan fingerprint density at radius 1 is 1.53 bits per heavy atom. The Morgan fingerprint density at radius 3 is 3.11 bits per heavy atom. The summed E-state index contributed by atoms with van der Waals surface area (Å²) < 4.78 is 2.03. The van der Waals surface area contributed by atoms with Gasteiger partial charge in [-0.3, -0.25) is 10.1 Å². The molecule has 2 N–H and O–H groups in total. The van der Waals surface area contributed by atoms with Crippen molar-refractivity contribution in [3.05, 3.63) is 24.3 Å². The van der Waals surface area contributed by atoms with Crippen molar-refractivity contribution in [2.45, 2.75) is 32.4 Å². The smallest absolute Gasteiger partial charge is 0.243 e. The topological polar surface area (TPSA) is 59.0 Å². The van der Waals surface area contributed by atoms with Crippen LogP contribution in [0.1, 0.15) is 19.8 Å². The highest BCUT2D eigenvalue weighted by molar-refractivity contribution is 5.95. The van der Waals surface area contributed by atoms with Crippen LogP contribution in [0.25, 0.3) is 11.0 Å². The summed E-state index contributed by atoms with van der Waals surface area (Å²) in [4.78, 5) is 16.6. The van der Waals surface area contributed by atoms with Crippen molar-refractivity contribution in [1.82, 2.24) is 14.9 Å². The van der Waals surface area contributed by atoms with Crippen LogP contribution in [0.15, 0.2) is 24.3 Å². The zero-order valence-corrected chi connectivity index (χ0v) is 11.0. The summed E-state index contributed by atoms with van der Waals surface area (Å²) in [5, 5.41) is 6.14. The fourth-order valence-corrected chi connectivity index (χ4v) is 2.60. The lowest BCUT2D eigenvalue weighted by molar-refractivity contribution is -0.117. The predicted molar refractivity (Wildman–Crippen MR) is 75.1 cm³/mol. The second-order valence-electron chi connectivity index (χ2n) is 4.81. The maximum absolute atomic E-state index is 12.1. The van der Waals surface area contributed by atoms with Gasteiger partial charge in [0, 0.05) is 6.54 Å². The van der Waals surface area contributed by atoms with Gasteiger partial charge in [0.1, 0.15) is 0 Å². The fraction of sp³-hybridized carbons (Fsp3) is 0.429. The molecule has 1 aliphatic rings. The van der Waals surface area contributed by atoms with Crippen LogP contribution in [0.5, 0.6) is 0 Å². The third kappa shape index (κ3) is 2.21. The Morgan fingerprint density at radius 2 is 2.37 bits per heavy atom. The van der Waals surface area contributed by atoms with Crippen LogP contribution in [-0.2, 0) is 11.3 Å². The third-order valence-corrected chi connectivity index (χ3v) is 3.58. The van der Waals surface area contributed by atoms with Gasteiger partial charge in [-0.2, -0.15) is 0 Å². The Bertz CT molecular complexity index is 599. The molecule has 100 valence electrons. The van der Waals surface area contributed by atoms with Crippen LogP contribution in [-0.4, -0.2) is 28.0 Å². The molecule has 0 bridgehead atoms. The summed E-state index contributed by atoms with van der Waals surface area (Å²) in [5.41, 5.74) is 1.97. The molecule has 5 nitrogen and oxygen atoms in total. The maximum atomic E-state index is 12.1. The molecule has 1 fully saturated rings. The van der Waals surface area contributed by atoms with Gasteiger partial charge in [-0.1, -0.05) is 12.1 Å². The number of amides is 1. The largest absolute Gasteiger partial charge is 0.310 e. The Kier molecular flexibility index (Phi) is 3.21. The van der Waals surface area contributed by atoms with Crippen LogP contribution < -0.4 is 10.6 Å². The summed E-state index contributed by atoms with van der Waals surface area (Å²) in [6.45, 7) is 3.76. The number of rotatable bonds is 3. The Balaban J connectivity index is 1.89. The summed E-state index contributed by atoms with van der Waals surface area (Å²) >= 11 is 0. The van der Waals surface area contributed by atoms with E-state index in [1.807, 2.05) is 28.8 Å². The van der Waals surface area contributed by atoms with E-state index in [0.717, 1.165) is 37.0 Å². The van der Waals surface area contributed by atoms with Gasteiger partial charge in [-0.15, -0.1) is 0 Å². The number of hydrogen-bond donors (Lipinski definition) is 2. The first kappa shape index (κ1) is 12.2. The highest BCUT2D eigenvalue weighted by Gasteiger charge is 2.23. The molecule has 0 spiro atoms. The van der Waals surface area contributed by atoms with Gasteiger partial charge in [0.15, 0.2) is 0 Å². The molecule has 0 radical (unpaired) electrons. The van der Waals surface area contributed by atoms with Crippen molar-refractivity contribution >= 4 is 22.9 Å². The van der Waals surface area contributed by atoms with E-state index >= 15 is 0 Å². The van der Waals surface area contributed by atoms with E-state index in [2.05, 4.69) is 22.5 Å². The number of carbonyl (C=O) groups excluding carboxylic acids is 1. The molecular formula is C14H18N4O. The molecule has 1 saturated heterocycles. The number of carbonyl (C=O) groups is 1. The van der Waals surface area contributed by atoms with Crippen molar-refractivity contribution in [3.63, 3.8) is 0 Å². The number of hydrogen-bond acceptors (Lipinski definition) is 3. The molecular weight excluding hydrogens is 240 g/mol. The van der Waals surface area contributed by atoms with Crippen molar-refractivity contribution in [3.8, 4) is 0 Å². The highest BCUT2D eigenvalue weighted by Crippen LogP contribution is 2.19. The molecule has 19 heavy (non-hydrogen) atoms. The van der Waals surface area contributed by atoms with Gasteiger partial charge in [0.05, 0.1) is 17.1 Å². The van der Waals surface area contributed by atoms with E-state index < -0.39 is 0 Å². The maximum Gasteiger partial charge on any atom is 0.243 e. The highest BCUT2D eigenvalue weighted by atomic mass is 16.2. The molecule has 5 heteroatoms. The van der Waals surface area contributed by atoms with Gasteiger partial charge < -0.3 is 9.88 Å². The molecule has 2 aromatic rings. The van der Waals surface area contributed by atoms with Crippen LogP contribution >= 0.6 is 0 Å². The van der Waals surface area contributed by atoms with E-state index in [1.54, 1.807) is 0 Å². The second kappa shape index (κ2) is 5.01. The van der Waals surface area contributed by atoms with Crippen molar-refractivity contribution < 1.29 is 4.79 Å². The van der Waals surface area contributed by atoms with E-state index in [0.29, 0.717) is 5.95 Å². The molecule has 1 aliphatic heterocycles. The van der Waals surface area contributed by atoms with Crippen LogP contribution in [0.3, 0.4) is 0 Å². The number of benzene rings is 1. The zero-order chi connectivity index (χ0) is 13.2. The first-order chi connectivity index (χ1) is 9.29. The number of aromatic nitrogens is 2. The summed E-state index contributed by atoms with van der Waals surface area (Å²) in [7, 11) is 0. The number of aryl methyl sites for hydroxylation is 1. The Hall–Kier alpha value is -1.88. The SMILES string of the molecule is CCn1c(NC(=O)C2CCCN2)nc2ccccc21. The minimum absolute atomic E-state index is 0.0162. The van der Waals surface area contributed by atoms with E-state index in [1.165, 1.54) is 0 Å². The molecule has 0 aliphatic carbocycles. The van der Waals surface area contributed by atoms with Crippen molar-refractivity contribution in [2.24, 2.45) is 0 Å². The zero-order valence-electron chi connectivity index (χ0n) is 11.0. The lowest BCUT2D eigenvalue weighted by Gasteiger charge is -2.11. The number of anilines is 1. The van der Waals surface area contributed by atoms with Crippen LogP contribution in [0.4, 0.5) is 5.95 Å². The number of nitrogens with zero attached hydrogens (tertiary/aromatic N) is 2. The first-order valence-corrected chi connectivity index (χ1v) is 6.79. The fourth-order valence-electron chi connectivity index (χ4n) is 2.60. The van der Waals surface area contributed by atoms with E-state index in [-0.39, 0.29) is 11.9 Å². The van der Waals surface area contributed by atoms with Gasteiger partial charge in [-0.05, 0) is 38.4 Å². The quantitative estimate of drug-likeness (QED) is 0.881. The van der Waals surface area contributed by atoms with Gasteiger partial charge >= 0.3 is 0 Å². The summed E-state index contributed by atoms with van der Waals surface area (Å²) in [5.74, 6) is 0.657. The van der Waals surface area contributed by atoms with Gasteiger partial charge in [0.25, 0.3) is 0 Å². The minimum Gasteiger partial charge on any atom is -0.310 e. The first-order valence-electron chi connectivity index (χ1n) is 6.79. The van der Waals surface area contributed by atoms with Crippen molar-refractivity contribution in [1.29, 1.82) is 0 Å². The van der Waals surface area contributed by atoms with Crippen LogP contribution in [0, 0.1) is 0 Å². The number of fused-ring (bicyclic) bond motifs is 1. The molecule has 2 heterocycles. The predicted octanol–water partition coefficient (Wildman–Crippen LogP) is 1.75. The van der Waals surface area contributed by atoms with E-state index in [9.17, 15) is 4.79 Å². The van der Waals surface area contributed by atoms with Gasteiger partial charge in [-0.25, -0.2) is 4.98 Å². The number of nitrogens with one attached hydrogen (secondary N) is 2. The molecule has 1 amide bonds. The van der Waals surface area contributed by atoms with E-state index in [4.69, 9.17) is 0 Å². The molecule has 3 rings (SSSR count). The van der Waals surface area contributed by atoms with Gasteiger partial charge in [0.2, 0.25) is 11.9 Å². The average molecular weight is 258 g/mol. The molecule has 1 aromatic heterocycles. The molecule has 1 atom stereocenters. The molecule has 1 aromatic carbocycles. The number of para-hydroxylation sites is 2. The standard InChI is InChI=1S/C14H18N4O/c1-2-18-12-8-4-3-6-10(12)16-14(18)17-13(19)11-7-5-9-15-11/h3-4,6,8,11,15H,2,5,7,9H2,1H3,(H,16,17,19). The average Bonchev–Trinajstić information content (AvgIpc) is 3.05. The van der Waals surface area contributed by atoms with Crippen LogP contribution in [0.2, 0.25) is 0 Å². The number of imidazole rings is 1. The molecule has 0 saturated carbocycles. The third-order valence-electron chi connectivity index (χ3n) is 3.58.